The van der Waals surface area contributed by atoms with Gasteiger partial charge in [0.1, 0.15) is 6.54 Å². The largest absolute Gasteiger partial charge is 0.424 e. The second-order valence-corrected chi connectivity index (χ2v) is 3.62. The highest BCUT2D eigenvalue weighted by molar-refractivity contribution is 5.14. The molecule has 2 aromatic rings. The van der Waals surface area contributed by atoms with Gasteiger partial charge in [0.25, 0.3) is 0 Å². The van der Waals surface area contributed by atoms with Crippen molar-refractivity contribution < 1.29 is 4.42 Å². The molecule has 0 aromatic carbocycles. The first kappa shape index (κ1) is 9.92. The second kappa shape index (κ2) is 3.86. The van der Waals surface area contributed by atoms with Gasteiger partial charge in [0, 0.05) is 25.4 Å². The Morgan fingerprint density at radius 3 is 2.87 bits per heavy atom. The molecule has 0 spiro atoms. The van der Waals surface area contributed by atoms with Gasteiger partial charge in [-0.25, -0.2) is 0 Å². The molecule has 0 amide bonds. The molecule has 0 fully saturated rings. The smallest absolute Gasteiger partial charge is 0.236 e. The Kier molecular flexibility index (Phi) is 2.55. The highest BCUT2D eigenvalue weighted by Gasteiger charge is 2.05. The van der Waals surface area contributed by atoms with Gasteiger partial charge in [-0.3, -0.25) is 0 Å². The van der Waals surface area contributed by atoms with Crippen molar-refractivity contribution in [2.75, 3.05) is 0 Å². The third-order valence-corrected chi connectivity index (χ3v) is 2.18. The van der Waals surface area contributed by atoms with Crippen molar-refractivity contribution >= 4 is 0 Å². The normalized spacial score (nSPS) is 13.0. The van der Waals surface area contributed by atoms with E-state index in [1.807, 2.05) is 30.0 Å². The van der Waals surface area contributed by atoms with E-state index < -0.39 is 0 Å². The topological polar surface area (TPSA) is 69.9 Å². The van der Waals surface area contributed by atoms with Crippen molar-refractivity contribution in [3.8, 4) is 0 Å². The average Bonchev–Trinajstić information content (AvgIpc) is 2.76. The molecule has 1 unspecified atom stereocenters. The lowest BCUT2D eigenvalue weighted by atomic mass is 10.2. The maximum absolute atomic E-state index is 5.76. The summed E-state index contributed by atoms with van der Waals surface area (Å²) in [5, 5.41) is 7.70. The molecule has 2 aromatic heterocycles. The molecule has 0 radical (unpaired) electrons. The van der Waals surface area contributed by atoms with Gasteiger partial charge in [-0.15, -0.1) is 10.2 Å². The Bertz CT molecular complexity index is 444. The van der Waals surface area contributed by atoms with Gasteiger partial charge in [-0.1, -0.05) is 0 Å². The predicted octanol–water partition coefficient (Wildman–Crippen LogP) is 1.25. The highest BCUT2D eigenvalue weighted by atomic mass is 16.4. The van der Waals surface area contributed by atoms with Gasteiger partial charge in [-0.05, 0) is 18.6 Å². The molecular formula is C10H14N4O. The zero-order chi connectivity index (χ0) is 10.8. The van der Waals surface area contributed by atoms with Crippen molar-refractivity contribution in [1.29, 1.82) is 0 Å². The van der Waals surface area contributed by atoms with Crippen LogP contribution in [-0.4, -0.2) is 14.8 Å². The van der Waals surface area contributed by atoms with E-state index in [9.17, 15) is 0 Å². The Morgan fingerprint density at radius 2 is 2.33 bits per heavy atom. The first-order chi connectivity index (χ1) is 7.15. The average molecular weight is 206 g/mol. The monoisotopic (exact) mass is 206 g/mol. The van der Waals surface area contributed by atoms with Crippen LogP contribution >= 0.6 is 0 Å². The summed E-state index contributed by atoms with van der Waals surface area (Å²) in [4.78, 5) is 0. The van der Waals surface area contributed by atoms with Crippen LogP contribution in [0.3, 0.4) is 0 Å². The Hall–Kier alpha value is -1.62. The third-order valence-electron chi connectivity index (χ3n) is 2.18. The molecule has 0 aliphatic heterocycles. The van der Waals surface area contributed by atoms with Crippen LogP contribution in [0.1, 0.15) is 30.3 Å². The van der Waals surface area contributed by atoms with E-state index in [-0.39, 0.29) is 6.04 Å². The summed E-state index contributed by atoms with van der Waals surface area (Å²) in [6.45, 7) is 4.32. The SMILES string of the molecule is Cc1nnc(Cn2ccc(C(C)N)c2)o1. The highest BCUT2D eigenvalue weighted by Crippen LogP contribution is 2.11. The van der Waals surface area contributed by atoms with Gasteiger partial charge in [0.2, 0.25) is 11.8 Å². The first-order valence-corrected chi connectivity index (χ1v) is 4.85. The quantitative estimate of drug-likeness (QED) is 0.820. The van der Waals surface area contributed by atoms with Crippen molar-refractivity contribution in [1.82, 2.24) is 14.8 Å². The van der Waals surface area contributed by atoms with Crippen LogP contribution in [0.4, 0.5) is 0 Å². The molecule has 2 N–H and O–H groups in total. The van der Waals surface area contributed by atoms with Crippen molar-refractivity contribution in [3.63, 3.8) is 0 Å². The molecule has 0 saturated carbocycles. The molecule has 2 rings (SSSR count). The Balaban J connectivity index is 2.11. The number of rotatable bonds is 3. The van der Waals surface area contributed by atoms with E-state index in [4.69, 9.17) is 10.2 Å². The van der Waals surface area contributed by atoms with Crippen LogP contribution < -0.4 is 5.73 Å². The van der Waals surface area contributed by atoms with E-state index in [1.54, 1.807) is 6.92 Å². The second-order valence-electron chi connectivity index (χ2n) is 3.62. The molecule has 5 heteroatoms. The lowest BCUT2D eigenvalue weighted by Gasteiger charge is -2.00. The summed E-state index contributed by atoms with van der Waals surface area (Å²) in [6.07, 6.45) is 3.95. The summed E-state index contributed by atoms with van der Waals surface area (Å²) in [5.41, 5.74) is 6.86. The fourth-order valence-electron chi connectivity index (χ4n) is 1.38. The van der Waals surface area contributed by atoms with E-state index in [1.165, 1.54) is 0 Å². The van der Waals surface area contributed by atoms with Crippen LogP contribution in [0.15, 0.2) is 22.9 Å². The fraction of sp³-hybridized carbons (Fsp3) is 0.400. The molecule has 2 heterocycles. The van der Waals surface area contributed by atoms with Gasteiger partial charge in [0.05, 0.1) is 0 Å². The summed E-state index contributed by atoms with van der Waals surface area (Å²) in [7, 11) is 0. The molecule has 0 aliphatic rings. The Labute approximate surface area is 87.9 Å². The minimum Gasteiger partial charge on any atom is -0.424 e. The van der Waals surface area contributed by atoms with E-state index in [0.29, 0.717) is 18.3 Å². The van der Waals surface area contributed by atoms with E-state index >= 15 is 0 Å². The van der Waals surface area contributed by atoms with Gasteiger partial charge < -0.3 is 14.7 Å². The van der Waals surface area contributed by atoms with Crippen molar-refractivity contribution in [2.24, 2.45) is 5.73 Å². The van der Waals surface area contributed by atoms with Gasteiger partial charge >= 0.3 is 0 Å². The number of aryl methyl sites for hydroxylation is 1. The third kappa shape index (κ3) is 2.24. The standard InChI is InChI=1S/C10H14N4O/c1-7(11)9-3-4-14(5-9)6-10-13-12-8(2)15-10/h3-5,7H,6,11H2,1-2H3. The van der Waals surface area contributed by atoms with Crippen LogP contribution in [-0.2, 0) is 6.54 Å². The van der Waals surface area contributed by atoms with Gasteiger partial charge in [-0.2, -0.15) is 0 Å². The number of nitrogens with zero attached hydrogens (tertiary/aromatic N) is 3. The van der Waals surface area contributed by atoms with E-state index in [0.717, 1.165) is 5.56 Å². The molecular weight excluding hydrogens is 192 g/mol. The number of aromatic nitrogens is 3. The van der Waals surface area contributed by atoms with Crippen molar-refractivity contribution in [2.45, 2.75) is 26.4 Å². The predicted molar refractivity (Wildman–Crippen MR) is 55.2 cm³/mol. The number of hydrogen-bond donors (Lipinski definition) is 1. The van der Waals surface area contributed by atoms with Gasteiger partial charge in [0.15, 0.2) is 0 Å². The van der Waals surface area contributed by atoms with Crippen LogP contribution in [0.2, 0.25) is 0 Å². The maximum atomic E-state index is 5.76. The summed E-state index contributed by atoms with van der Waals surface area (Å²) < 4.78 is 7.26. The summed E-state index contributed by atoms with van der Waals surface area (Å²) >= 11 is 0. The van der Waals surface area contributed by atoms with E-state index in [2.05, 4.69) is 10.2 Å². The zero-order valence-electron chi connectivity index (χ0n) is 8.84. The lowest BCUT2D eigenvalue weighted by molar-refractivity contribution is 0.454. The molecule has 1 atom stereocenters. The molecule has 5 nitrogen and oxygen atoms in total. The maximum Gasteiger partial charge on any atom is 0.236 e. The minimum absolute atomic E-state index is 0.0515. The first-order valence-electron chi connectivity index (χ1n) is 4.85. The zero-order valence-corrected chi connectivity index (χ0v) is 8.84. The molecule has 0 bridgehead atoms. The molecule has 80 valence electrons. The number of hydrogen-bond acceptors (Lipinski definition) is 4. The summed E-state index contributed by atoms with van der Waals surface area (Å²) in [5.74, 6) is 1.20. The van der Waals surface area contributed by atoms with Crippen molar-refractivity contribution in [3.05, 3.63) is 35.8 Å². The summed E-state index contributed by atoms with van der Waals surface area (Å²) in [6, 6.07) is 2.05. The minimum atomic E-state index is 0.0515. The lowest BCUT2D eigenvalue weighted by Crippen LogP contribution is -2.04. The molecule has 0 saturated heterocycles. The Morgan fingerprint density at radius 1 is 1.53 bits per heavy atom. The van der Waals surface area contributed by atoms with Crippen LogP contribution in [0, 0.1) is 6.92 Å². The number of nitrogens with two attached hydrogens (primary N) is 1. The van der Waals surface area contributed by atoms with Crippen LogP contribution in [0.5, 0.6) is 0 Å². The van der Waals surface area contributed by atoms with Crippen LogP contribution in [0.25, 0.3) is 0 Å². The molecule has 0 aliphatic carbocycles. The fourth-order valence-corrected chi connectivity index (χ4v) is 1.38. The molecule has 15 heavy (non-hydrogen) atoms.